The molecule has 2 bridgehead atoms. The van der Waals surface area contributed by atoms with Crippen molar-refractivity contribution in [1.82, 2.24) is 0 Å². The summed E-state index contributed by atoms with van der Waals surface area (Å²) in [6.07, 6.45) is 0. The van der Waals surface area contributed by atoms with Gasteiger partial charge in [-0.2, -0.15) is 0 Å². The van der Waals surface area contributed by atoms with Gasteiger partial charge in [0.15, 0.2) is 0 Å². The van der Waals surface area contributed by atoms with Crippen molar-refractivity contribution in [3.05, 3.63) is 81.9 Å². The van der Waals surface area contributed by atoms with Gasteiger partial charge in [0, 0.05) is 11.2 Å². The minimum Gasteiger partial charge on any atom is -0.466 e. The highest BCUT2D eigenvalue weighted by atomic mass is 79.9. The summed E-state index contributed by atoms with van der Waals surface area (Å²) >= 11 is 3.69. The number of hydrogen-bond acceptors (Lipinski definition) is 4. The molecule has 0 saturated heterocycles. The Hall–Kier alpha value is -2.40. The predicted molar refractivity (Wildman–Crippen MR) is 114 cm³/mol. The molecule has 29 heavy (non-hydrogen) atoms. The van der Waals surface area contributed by atoms with Gasteiger partial charge in [0.25, 0.3) is 0 Å². The van der Waals surface area contributed by atoms with Gasteiger partial charge in [-0.05, 0) is 27.7 Å². The number of ether oxygens (including phenoxy) is 2. The largest absolute Gasteiger partial charge is 0.466 e. The van der Waals surface area contributed by atoms with Crippen LogP contribution < -0.4 is 0 Å². The first-order chi connectivity index (χ1) is 13.9. The summed E-state index contributed by atoms with van der Waals surface area (Å²) in [5.41, 5.74) is 3.62. The van der Waals surface area contributed by atoms with Crippen molar-refractivity contribution in [1.29, 1.82) is 0 Å². The molecular weight excluding hydrogens is 432 g/mol. The van der Waals surface area contributed by atoms with Crippen molar-refractivity contribution in [2.24, 2.45) is 5.41 Å². The SMILES string of the molecule is COC(=O)C1=C(C(=O)OC)C2(C(C)(C)CBr)c3ccccc3C1c1ccccc12. The van der Waals surface area contributed by atoms with Gasteiger partial charge in [-0.3, -0.25) is 0 Å². The lowest BCUT2D eigenvalue weighted by Gasteiger charge is -2.56. The minimum absolute atomic E-state index is 0.364. The van der Waals surface area contributed by atoms with Crippen LogP contribution in [-0.2, 0) is 24.5 Å². The Morgan fingerprint density at radius 3 is 1.86 bits per heavy atom. The molecule has 0 N–H and O–H groups in total. The smallest absolute Gasteiger partial charge is 0.335 e. The van der Waals surface area contributed by atoms with E-state index in [1.54, 1.807) is 0 Å². The molecule has 150 valence electrons. The Morgan fingerprint density at radius 2 is 1.41 bits per heavy atom. The summed E-state index contributed by atoms with van der Waals surface area (Å²) < 4.78 is 10.4. The molecule has 0 heterocycles. The van der Waals surface area contributed by atoms with E-state index in [2.05, 4.69) is 41.9 Å². The van der Waals surface area contributed by atoms with E-state index in [9.17, 15) is 9.59 Å². The van der Waals surface area contributed by atoms with E-state index < -0.39 is 22.8 Å². The van der Waals surface area contributed by atoms with Crippen LogP contribution in [-0.4, -0.2) is 31.5 Å². The Bertz CT molecular complexity index is 1000. The maximum absolute atomic E-state index is 13.3. The molecule has 0 saturated carbocycles. The number of carbonyl (C=O) groups is 2. The number of alkyl halides is 1. The topological polar surface area (TPSA) is 52.6 Å². The van der Waals surface area contributed by atoms with E-state index in [1.165, 1.54) is 14.2 Å². The Morgan fingerprint density at radius 1 is 0.931 bits per heavy atom. The van der Waals surface area contributed by atoms with Crippen LogP contribution in [0.1, 0.15) is 42.0 Å². The maximum atomic E-state index is 13.3. The first kappa shape index (κ1) is 19.9. The van der Waals surface area contributed by atoms with Crippen molar-refractivity contribution in [3.8, 4) is 0 Å². The first-order valence-corrected chi connectivity index (χ1v) is 10.6. The molecule has 0 aromatic heterocycles. The Kier molecular flexibility index (Phi) is 4.69. The van der Waals surface area contributed by atoms with E-state index in [0.29, 0.717) is 16.5 Å². The van der Waals surface area contributed by atoms with Crippen LogP contribution in [0.3, 0.4) is 0 Å². The monoisotopic (exact) mass is 454 g/mol. The molecule has 0 fully saturated rings. The molecule has 0 unspecified atom stereocenters. The van der Waals surface area contributed by atoms with Crippen LogP contribution in [0.15, 0.2) is 59.7 Å². The van der Waals surface area contributed by atoms with Crippen LogP contribution in [0.4, 0.5) is 0 Å². The van der Waals surface area contributed by atoms with Crippen molar-refractivity contribution < 1.29 is 19.1 Å². The third-order valence-corrected chi connectivity index (χ3v) is 7.83. The van der Waals surface area contributed by atoms with Crippen LogP contribution in [0.2, 0.25) is 0 Å². The van der Waals surface area contributed by atoms with E-state index in [-0.39, 0.29) is 5.92 Å². The second-order valence-corrected chi connectivity index (χ2v) is 8.71. The molecule has 4 nitrogen and oxygen atoms in total. The second-order valence-electron chi connectivity index (χ2n) is 8.15. The maximum Gasteiger partial charge on any atom is 0.335 e. The molecular formula is C24H23BrO4. The Balaban J connectivity index is 2.27. The zero-order chi connectivity index (χ0) is 21.0. The summed E-state index contributed by atoms with van der Waals surface area (Å²) in [6, 6.07) is 16.2. The fraction of sp³-hybridized carbons (Fsp3) is 0.333. The molecule has 0 aliphatic heterocycles. The van der Waals surface area contributed by atoms with Gasteiger partial charge in [0.1, 0.15) is 0 Å². The van der Waals surface area contributed by atoms with Gasteiger partial charge in [-0.1, -0.05) is 78.3 Å². The minimum atomic E-state index is -0.852. The van der Waals surface area contributed by atoms with Gasteiger partial charge in [0.2, 0.25) is 0 Å². The predicted octanol–water partition coefficient (Wildman–Crippen LogP) is 4.50. The van der Waals surface area contributed by atoms with Crippen molar-refractivity contribution in [2.45, 2.75) is 25.2 Å². The highest BCUT2D eigenvalue weighted by Gasteiger charge is 2.62. The van der Waals surface area contributed by atoms with Crippen molar-refractivity contribution in [3.63, 3.8) is 0 Å². The normalized spacial score (nSPS) is 22.0. The number of esters is 2. The second kappa shape index (κ2) is 6.84. The van der Waals surface area contributed by atoms with Crippen LogP contribution in [0.25, 0.3) is 0 Å². The number of methoxy groups -OCH3 is 2. The number of halogens is 1. The highest BCUT2D eigenvalue weighted by molar-refractivity contribution is 9.09. The quantitative estimate of drug-likeness (QED) is 0.504. The lowest BCUT2D eigenvalue weighted by atomic mass is 9.45. The highest BCUT2D eigenvalue weighted by Crippen LogP contribution is 2.65. The van der Waals surface area contributed by atoms with E-state index in [1.807, 2.05) is 36.4 Å². The van der Waals surface area contributed by atoms with E-state index in [4.69, 9.17) is 9.47 Å². The number of hydrogen-bond donors (Lipinski definition) is 0. The van der Waals surface area contributed by atoms with Gasteiger partial charge in [-0.15, -0.1) is 0 Å². The molecule has 0 atom stereocenters. The van der Waals surface area contributed by atoms with Crippen LogP contribution >= 0.6 is 15.9 Å². The summed E-state index contributed by atoms with van der Waals surface area (Å²) in [5, 5.41) is 0.613. The number of rotatable bonds is 4. The summed E-state index contributed by atoms with van der Waals surface area (Å²) in [7, 11) is 2.71. The van der Waals surface area contributed by atoms with Crippen LogP contribution in [0, 0.1) is 5.41 Å². The van der Waals surface area contributed by atoms with Crippen molar-refractivity contribution >= 4 is 27.9 Å². The summed E-state index contributed by atoms with van der Waals surface area (Å²) in [5.74, 6) is -1.35. The standard InChI is InChI=1S/C24H23BrO4/c1-23(2,13-25)24-16-11-7-5-9-14(16)18(15-10-6-8-12-17(15)24)19(21(26)28-3)20(24)22(27)29-4/h5-12,18H,13H2,1-4H3. The molecule has 3 aliphatic rings. The average molecular weight is 455 g/mol. The van der Waals surface area contributed by atoms with Gasteiger partial charge < -0.3 is 9.47 Å². The molecule has 3 aliphatic carbocycles. The third kappa shape index (κ3) is 2.37. The number of benzene rings is 2. The van der Waals surface area contributed by atoms with Crippen LogP contribution in [0.5, 0.6) is 0 Å². The van der Waals surface area contributed by atoms with E-state index >= 15 is 0 Å². The van der Waals surface area contributed by atoms with Crippen molar-refractivity contribution in [2.75, 3.05) is 19.5 Å². The van der Waals surface area contributed by atoms with Gasteiger partial charge in [-0.25, -0.2) is 9.59 Å². The zero-order valence-corrected chi connectivity index (χ0v) is 18.5. The first-order valence-electron chi connectivity index (χ1n) is 9.52. The fourth-order valence-corrected chi connectivity index (χ4v) is 5.70. The van der Waals surface area contributed by atoms with E-state index in [0.717, 1.165) is 22.3 Å². The lowest BCUT2D eigenvalue weighted by Crippen LogP contribution is -2.55. The molecule has 5 rings (SSSR count). The summed E-state index contributed by atoms with van der Waals surface area (Å²) in [4.78, 5) is 26.3. The molecule has 0 radical (unpaired) electrons. The van der Waals surface area contributed by atoms with Gasteiger partial charge in [0.05, 0.1) is 30.8 Å². The average Bonchev–Trinajstić information content (AvgIpc) is 2.77. The molecule has 2 aromatic carbocycles. The molecule has 0 amide bonds. The molecule has 5 heteroatoms. The van der Waals surface area contributed by atoms with Gasteiger partial charge >= 0.3 is 11.9 Å². The molecule has 0 spiro atoms. The number of carbonyl (C=O) groups excluding carboxylic acids is 2. The fourth-order valence-electron chi connectivity index (χ4n) is 5.28. The summed E-state index contributed by atoms with van der Waals surface area (Å²) in [6.45, 7) is 4.22. The lowest BCUT2D eigenvalue weighted by molar-refractivity contribution is -0.140. The zero-order valence-electron chi connectivity index (χ0n) is 16.9. The third-order valence-electron chi connectivity index (χ3n) is 6.43. The molecule has 2 aromatic rings. The Labute approximate surface area is 179 Å².